The van der Waals surface area contributed by atoms with Crippen molar-refractivity contribution in [1.29, 1.82) is 0 Å². The van der Waals surface area contributed by atoms with Crippen LogP contribution in [-0.4, -0.2) is 47.8 Å². The minimum atomic E-state index is -0.720. The molecule has 0 saturated carbocycles. The summed E-state index contributed by atoms with van der Waals surface area (Å²) in [6.45, 7) is 1.03. The lowest BCUT2D eigenvalue weighted by molar-refractivity contribution is -0.126. The van der Waals surface area contributed by atoms with Crippen molar-refractivity contribution in [2.45, 2.75) is 6.92 Å². The first-order valence-electron chi connectivity index (χ1n) is 11.5. The summed E-state index contributed by atoms with van der Waals surface area (Å²) in [7, 11) is 1.50. The summed E-state index contributed by atoms with van der Waals surface area (Å²) in [5.41, 5.74) is 3.70. The fraction of sp³-hybridized carbons (Fsp3) is 0.143. The van der Waals surface area contributed by atoms with E-state index in [2.05, 4.69) is 15.7 Å². The van der Waals surface area contributed by atoms with E-state index in [-0.39, 0.29) is 12.2 Å². The lowest BCUT2D eigenvalue weighted by Crippen LogP contribution is -2.35. The molecule has 0 aliphatic heterocycles. The summed E-state index contributed by atoms with van der Waals surface area (Å²) in [6, 6.07) is 25.6. The van der Waals surface area contributed by atoms with Gasteiger partial charge in [-0.3, -0.25) is 9.59 Å². The maximum atomic E-state index is 12.9. The number of nitrogens with one attached hydrogen (secondary N) is 2. The number of nitrogens with zero attached hydrogens (tertiary/aromatic N) is 2. The van der Waals surface area contributed by atoms with Crippen molar-refractivity contribution < 1.29 is 23.9 Å². The Morgan fingerprint density at radius 1 is 0.892 bits per heavy atom. The number of rotatable bonds is 9. The van der Waals surface area contributed by atoms with Crippen molar-refractivity contribution >= 4 is 23.5 Å². The molecule has 0 atom stereocenters. The van der Waals surface area contributed by atoms with Crippen molar-refractivity contribution in [3.05, 3.63) is 96.2 Å². The molecule has 2 amide bonds. The van der Waals surface area contributed by atoms with Crippen LogP contribution in [0.25, 0.3) is 16.9 Å². The third-order valence-electron chi connectivity index (χ3n) is 5.40. The number of hydrogen-bond acceptors (Lipinski definition) is 6. The van der Waals surface area contributed by atoms with Crippen LogP contribution in [0.15, 0.2) is 84.9 Å². The Kier molecular flexibility index (Phi) is 7.95. The standard InChI is InChI=1S/C28H26N4O5/c1-19-13-14-25(36-2)23(15-19)30-26(33)17-29-27(34)18-37-28(35)24-16-22(20-9-5-3-6-10-20)31-32(24)21-11-7-4-8-12-21/h3-16H,17-18H2,1-2H3,(H,29,34)(H,30,33). The number of ether oxygens (including phenoxy) is 2. The Morgan fingerprint density at radius 3 is 2.30 bits per heavy atom. The van der Waals surface area contributed by atoms with Crippen LogP contribution in [0.2, 0.25) is 0 Å². The van der Waals surface area contributed by atoms with E-state index in [0.29, 0.717) is 22.8 Å². The topological polar surface area (TPSA) is 112 Å². The number of anilines is 1. The molecule has 3 aromatic carbocycles. The molecule has 37 heavy (non-hydrogen) atoms. The number of carbonyl (C=O) groups excluding carboxylic acids is 3. The van der Waals surface area contributed by atoms with Crippen molar-refractivity contribution in [2.24, 2.45) is 0 Å². The number of aromatic nitrogens is 2. The zero-order valence-corrected chi connectivity index (χ0v) is 20.4. The van der Waals surface area contributed by atoms with Gasteiger partial charge in [0, 0.05) is 5.56 Å². The van der Waals surface area contributed by atoms with Crippen LogP contribution in [0, 0.1) is 6.92 Å². The van der Waals surface area contributed by atoms with Crippen LogP contribution in [0.1, 0.15) is 16.1 Å². The normalized spacial score (nSPS) is 10.4. The van der Waals surface area contributed by atoms with Crippen LogP contribution in [0.4, 0.5) is 5.69 Å². The number of methoxy groups -OCH3 is 1. The SMILES string of the molecule is COc1ccc(C)cc1NC(=O)CNC(=O)COC(=O)c1cc(-c2ccccc2)nn1-c1ccccc1. The molecule has 0 aliphatic carbocycles. The molecule has 0 fully saturated rings. The maximum absolute atomic E-state index is 12.9. The highest BCUT2D eigenvalue weighted by atomic mass is 16.5. The van der Waals surface area contributed by atoms with Crippen molar-refractivity contribution in [1.82, 2.24) is 15.1 Å². The molecule has 4 aromatic rings. The highest BCUT2D eigenvalue weighted by Crippen LogP contribution is 2.25. The smallest absolute Gasteiger partial charge is 0.357 e. The molecule has 1 aromatic heterocycles. The summed E-state index contributed by atoms with van der Waals surface area (Å²) in [5.74, 6) is -1.28. The second-order valence-electron chi connectivity index (χ2n) is 8.13. The number of esters is 1. The van der Waals surface area contributed by atoms with Gasteiger partial charge < -0.3 is 20.1 Å². The monoisotopic (exact) mass is 498 g/mol. The molecule has 0 spiro atoms. The Labute approximate surface area is 214 Å². The van der Waals surface area contributed by atoms with Crippen LogP contribution in [0.5, 0.6) is 5.75 Å². The van der Waals surface area contributed by atoms with Gasteiger partial charge in [-0.1, -0.05) is 54.6 Å². The summed E-state index contributed by atoms with van der Waals surface area (Å²) in [5, 5.41) is 9.71. The molecule has 2 N–H and O–H groups in total. The lowest BCUT2D eigenvalue weighted by atomic mass is 10.1. The zero-order valence-electron chi connectivity index (χ0n) is 20.4. The van der Waals surface area contributed by atoms with E-state index in [1.165, 1.54) is 11.8 Å². The van der Waals surface area contributed by atoms with Gasteiger partial charge in [-0.2, -0.15) is 5.10 Å². The molecular weight excluding hydrogens is 472 g/mol. The highest BCUT2D eigenvalue weighted by molar-refractivity contribution is 5.96. The fourth-order valence-corrected chi connectivity index (χ4v) is 3.59. The summed E-state index contributed by atoms with van der Waals surface area (Å²) in [4.78, 5) is 37.5. The third-order valence-corrected chi connectivity index (χ3v) is 5.40. The molecule has 188 valence electrons. The van der Waals surface area contributed by atoms with E-state index in [1.54, 1.807) is 18.2 Å². The Bertz CT molecular complexity index is 1400. The van der Waals surface area contributed by atoms with E-state index in [0.717, 1.165) is 11.1 Å². The van der Waals surface area contributed by atoms with E-state index in [1.807, 2.05) is 73.7 Å². The first-order valence-corrected chi connectivity index (χ1v) is 11.5. The van der Waals surface area contributed by atoms with Gasteiger partial charge in [-0.05, 0) is 42.8 Å². The predicted octanol–water partition coefficient (Wildman–Crippen LogP) is 3.77. The van der Waals surface area contributed by atoms with Crippen LogP contribution < -0.4 is 15.4 Å². The Hall–Kier alpha value is -4.92. The minimum Gasteiger partial charge on any atom is -0.495 e. The Morgan fingerprint density at radius 2 is 1.59 bits per heavy atom. The summed E-state index contributed by atoms with van der Waals surface area (Å²) >= 11 is 0. The number of benzene rings is 3. The number of amides is 2. The van der Waals surface area contributed by atoms with E-state index in [9.17, 15) is 14.4 Å². The quantitative estimate of drug-likeness (QED) is 0.340. The van der Waals surface area contributed by atoms with Gasteiger partial charge in [-0.25, -0.2) is 9.48 Å². The molecule has 0 unspecified atom stereocenters. The molecule has 0 aliphatic rings. The summed E-state index contributed by atoms with van der Waals surface area (Å²) < 4.78 is 12.0. The van der Waals surface area contributed by atoms with Crippen molar-refractivity contribution in [3.63, 3.8) is 0 Å². The minimum absolute atomic E-state index is 0.169. The number of aryl methyl sites for hydroxylation is 1. The average molecular weight is 499 g/mol. The number of para-hydroxylation sites is 1. The van der Waals surface area contributed by atoms with Gasteiger partial charge in [0.15, 0.2) is 12.3 Å². The van der Waals surface area contributed by atoms with E-state index < -0.39 is 24.4 Å². The fourth-order valence-electron chi connectivity index (χ4n) is 3.59. The molecule has 0 bridgehead atoms. The maximum Gasteiger partial charge on any atom is 0.357 e. The molecule has 9 nitrogen and oxygen atoms in total. The molecule has 9 heteroatoms. The molecule has 0 saturated heterocycles. The van der Waals surface area contributed by atoms with Crippen LogP contribution >= 0.6 is 0 Å². The van der Waals surface area contributed by atoms with Gasteiger partial charge in [-0.15, -0.1) is 0 Å². The van der Waals surface area contributed by atoms with Crippen molar-refractivity contribution in [3.8, 4) is 22.7 Å². The van der Waals surface area contributed by atoms with Crippen molar-refractivity contribution in [2.75, 3.05) is 25.6 Å². The van der Waals surface area contributed by atoms with Gasteiger partial charge >= 0.3 is 5.97 Å². The van der Waals surface area contributed by atoms with Crippen LogP contribution in [0.3, 0.4) is 0 Å². The van der Waals surface area contributed by atoms with Gasteiger partial charge in [0.2, 0.25) is 5.91 Å². The largest absolute Gasteiger partial charge is 0.495 e. The average Bonchev–Trinajstić information content (AvgIpc) is 3.37. The molecule has 1 heterocycles. The second-order valence-corrected chi connectivity index (χ2v) is 8.13. The molecule has 0 radical (unpaired) electrons. The lowest BCUT2D eigenvalue weighted by Gasteiger charge is -2.11. The van der Waals surface area contributed by atoms with Gasteiger partial charge in [0.1, 0.15) is 5.75 Å². The molecular formula is C28H26N4O5. The van der Waals surface area contributed by atoms with Crippen LogP contribution in [-0.2, 0) is 14.3 Å². The first-order chi connectivity index (χ1) is 17.9. The first kappa shape index (κ1) is 25.2. The Balaban J connectivity index is 1.38. The van der Waals surface area contributed by atoms with E-state index in [4.69, 9.17) is 9.47 Å². The number of hydrogen-bond donors (Lipinski definition) is 2. The molecule has 4 rings (SSSR count). The summed E-state index contributed by atoms with van der Waals surface area (Å²) in [6.07, 6.45) is 0. The second kappa shape index (κ2) is 11.7. The van der Waals surface area contributed by atoms with E-state index >= 15 is 0 Å². The van der Waals surface area contributed by atoms with Gasteiger partial charge in [0.25, 0.3) is 5.91 Å². The zero-order chi connectivity index (χ0) is 26.2. The predicted molar refractivity (Wildman–Crippen MR) is 139 cm³/mol. The highest BCUT2D eigenvalue weighted by Gasteiger charge is 2.20. The van der Waals surface area contributed by atoms with Gasteiger partial charge in [0.05, 0.1) is 30.7 Å². The number of carbonyl (C=O) groups is 3. The third kappa shape index (κ3) is 6.40.